The fourth-order valence-corrected chi connectivity index (χ4v) is 3.20. The van der Waals surface area contributed by atoms with Gasteiger partial charge in [0.25, 0.3) is 0 Å². The van der Waals surface area contributed by atoms with Gasteiger partial charge in [0.05, 0.1) is 18.8 Å². The van der Waals surface area contributed by atoms with E-state index in [1.165, 1.54) is 16.2 Å². The van der Waals surface area contributed by atoms with Crippen molar-refractivity contribution in [2.75, 3.05) is 26.3 Å². The van der Waals surface area contributed by atoms with Gasteiger partial charge in [0.15, 0.2) is 0 Å². The lowest BCUT2D eigenvalue weighted by Gasteiger charge is -2.24. The number of nitrogens with one attached hydrogen (secondary N) is 1. The number of benzene rings is 1. The van der Waals surface area contributed by atoms with Gasteiger partial charge in [0.2, 0.25) is 0 Å². The smallest absolute Gasteiger partial charge is 0.126 e. The van der Waals surface area contributed by atoms with Crippen molar-refractivity contribution in [2.24, 2.45) is 5.92 Å². The Balaban J connectivity index is 1.99. The Labute approximate surface area is 163 Å². The molecule has 0 aliphatic rings. The monoisotopic (exact) mass is 369 g/mol. The lowest BCUT2D eigenvalue weighted by atomic mass is 10.1. The van der Waals surface area contributed by atoms with Gasteiger partial charge in [-0.05, 0) is 30.0 Å². The number of nitrogens with zero attached hydrogens (tertiary/aromatic N) is 1. The highest BCUT2D eigenvalue weighted by atomic mass is 16.5. The highest BCUT2D eigenvalue weighted by molar-refractivity contribution is 5.17. The fraction of sp³-hybridized carbons (Fsp3) is 0.478. The maximum absolute atomic E-state index is 10.3. The summed E-state index contributed by atoms with van der Waals surface area (Å²) in [4.78, 5) is 1.37. The Bertz CT molecular complexity index is 688. The zero-order chi connectivity index (χ0) is 19.5. The van der Waals surface area contributed by atoms with Gasteiger partial charge in [-0.3, -0.25) is 0 Å². The minimum absolute atomic E-state index is 0.248. The lowest BCUT2D eigenvalue weighted by Crippen LogP contribution is -3.12. The Morgan fingerprint density at radius 3 is 2.67 bits per heavy atom. The molecule has 1 aromatic carbocycles. The Morgan fingerprint density at radius 1 is 1.19 bits per heavy atom. The van der Waals surface area contributed by atoms with E-state index < -0.39 is 6.10 Å². The largest absolute Gasteiger partial charge is 0.385 e. The number of rotatable bonds is 12. The van der Waals surface area contributed by atoms with Crippen LogP contribution in [-0.4, -0.2) is 42.1 Å². The number of aliphatic hydroxyl groups is 1. The number of terminal acetylenes is 1. The van der Waals surface area contributed by atoms with Crippen LogP contribution < -0.4 is 4.90 Å². The van der Waals surface area contributed by atoms with Crippen LogP contribution in [0.25, 0.3) is 0 Å². The molecular weight excluding hydrogens is 336 g/mol. The van der Waals surface area contributed by atoms with Gasteiger partial charge in [-0.25, -0.2) is 0 Å². The summed E-state index contributed by atoms with van der Waals surface area (Å²) in [6.07, 6.45) is 7.97. The molecule has 27 heavy (non-hydrogen) atoms. The second kappa shape index (κ2) is 11.6. The minimum Gasteiger partial charge on any atom is -0.385 e. The Kier molecular flexibility index (Phi) is 9.13. The first-order chi connectivity index (χ1) is 13.1. The van der Waals surface area contributed by atoms with E-state index in [4.69, 9.17) is 11.2 Å². The number of quaternary nitrogens is 1. The maximum atomic E-state index is 10.3. The zero-order valence-corrected chi connectivity index (χ0v) is 16.6. The Hall–Kier alpha value is -2.06. The van der Waals surface area contributed by atoms with Crippen molar-refractivity contribution >= 4 is 0 Å². The van der Waals surface area contributed by atoms with Crippen LogP contribution in [0.1, 0.15) is 31.5 Å². The third-order valence-electron chi connectivity index (χ3n) is 4.65. The summed E-state index contributed by atoms with van der Waals surface area (Å²) in [5, 5.41) is 10.3. The van der Waals surface area contributed by atoms with Crippen molar-refractivity contribution in [3.63, 3.8) is 0 Å². The minimum atomic E-state index is -0.502. The molecule has 2 rings (SSSR count). The third-order valence-corrected chi connectivity index (χ3v) is 4.65. The van der Waals surface area contributed by atoms with Crippen molar-refractivity contribution in [3.8, 4) is 12.3 Å². The molecule has 0 amide bonds. The molecule has 0 aliphatic heterocycles. The van der Waals surface area contributed by atoms with Gasteiger partial charge in [0.1, 0.15) is 25.8 Å². The third kappa shape index (κ3) is 8.01. The van der Waals surface area contributed by atoms with E-state index in [0.29, 0.717) is 19.1 Å². The molecule has 0 saturated heterocycles. The average molecular weight is 370 g/mol. The summed E-state index contributed by atoms with van der Waals surface area (Å²) in [6, 6.07) is 14.8. The first-order valence-electron chi connectivity index (χ1n) is 9.79. The molecule has 146 valence electrons. The fourth-order valence-electron chi connectivity index (χ4n) is 3.20. The summed E-state index contributed by atoms with van der Waals surface area (Å²) in [6.45, 7) is 8.46. The summed E-state index contributed by atoms with van der Waals surface area (Å²) in [7, 11) is 0. The van der Waals surface area contributed by atoms with Crippen molar-refractivity contribution in [1.82, 2.24) is 4.57 Å². The second-order valence-corrected chi connectivity index (χ2v) is 7.55. The molecule has 0 fully saturated rings. The zero-order valence-electron chi connectivity index (χ0n) is 16.6. The number of ether oxygens (including phenoxy) is 1. The number of hydrogen-bond donors (Lipinski definition) is 2. The topological polar surface area (TPSA) is 38.8 Å². The van der Waals surface area contributed by atoms with Crippen LogP contribution in [0.5, 0.6) is 0 Å². The summed E-state index contributed by atoms with van der Waals surface area (Å²) in [5.41, 5.74) is 2.58. The normalized spacial score (nSPS) is 13.4. The molecule has 1 aromatic heterocycles. The molecule has 1 unspecified atom stereocenters. The SMILES string of the molecule is C#CCOC[C@@H](O)C[NH+](CCC(C)C)Cc1cccn1Cc1ccccc1. The summed E-state index contributed by atoms with van der Waals surface area (Å²) >= 11 is 0. The van der Waals surface area contributed by atoms with Gasteiger partial charge in [0, 0.05) is 12.7 Å². The van der Waals surface area contributed by atoms with Crippen LogP contribution in [0.4, 0.5) is 0 Å². The van der Waals surface area contributed by atoms with Crippen LogP contribution in [0.3, 0.4) is 0 Å². The van der Waals surface area contributed by atoms with Gasteiger partial charge in [-0.2, -0.15) is 0 Å². The average Bonchev–Trinajstić information content (AvgIpc) is 3.07. The van der Waals surface area contributed by atoms with E-state index in [2.05, 4.69) is 66.9 Å². The molecule has 0 spiro atoms. The molecule has 4 heteroatoms. The first-order valence-corrected chi connectivity index (χ1v) is 9.79. The number of aromatic nitrogens is 1. The molecule has 0 bridgehead atoms. The summed E-state index contributed by atoms with van der Waals surface area (Å²) in [5.74, 6) is 3.08. The molecule has 4 nitrogen and oxygen atoms in total. The van der Waals surface area contributed by atoms with Crippen molar-refractivity contribution in [3.05, 3.63) is 59.9 Å². The molecule has 2 atom stereocenters. The molecule has 2 N–H and O–H groups in total. The highest BCUT2D eigenvalue weighted by Crippen LogP contribution is 2.07. The molecule has 2 aromatic rings. The van der Waals surface area contributed by atoms with E-state index in [1.54, 1.807) is 0 Å². The molecule has 0 aliphatic carbocycles. The quantitative estimate of drug-likeness (QED) is 0.444. The molecular formula is C23H33N2O2+. The van der Waals surface area contributed by atoms with Gasteiger partial charge >= 0.3 is 0 Å². The van der Waals surface area contributed by atoms with Crippen molar-refractivity contribution < 1.29 is 14.7 Å². The standard InChI is InChI=1S/C23H32N2O2/c1-4-15-27-19-23(26)18-24(14-12-20(2)3)17-22-11-8-13-25(22)16-21-9-6-5-7-10-21/h1,5-11,13,20,23,26H,12,14-19H2,2-3H3/p+1/t23-/m0/s1. The molecule has 0 saturated carbocycles. The molecule has 1 heterocycles. The van der Waals surface area contributed by atoms with E-state index in [-0.39, 0.29) is 6.61 Å². The van der Waals surface area contributed by atoms with Crippen LogP contribution in [-0.2, 0) is 17.8 Å². The summed E-state index contributed by atoms with van der Waals surface area (Å²) < 4.78 is 7.60. The van der Waals surface area contributed by atoms with Crippen LogP contribution >= 0.6 is 0 Å². The predicted molar refractivity (Wildman–Crippen MR) is 109 cm³/mol. The lowest BCUT2D eigenvalue weighted by molar-refractivity contribution is -0.917. The van der Waals surface area contributed by atoms with Gasteiger partial charge in [-0.15, -0.1) is 6.42 Å². The number of hydrogen-bond acceptors (Lipinski definition) is 2. The first kappa shape index (κ1) is 21.2. The van der Waals surface area contributed by atoms with Gasteiger partial charge < -0.3 is 19.3 Å². The van der Waals surface area contributed by atoms with E-state index >= 15 is 0 Å². The van der Waals surface area contributed by atoms with E-state index in [1.807, 2.05) is 6.07 Å². The molecule has 0 radical (unpaired) electrons. The van der Waals surface area contributed by atoms with E-state index in [9.17, 15) is 5.11 Å². The Morgan fingerprint density at radius 2 is 1.96 bits per heavy atom. The van der Waals surface area contributed by atoms with E-state index in [0.717, 1.165) is 26.1 Å². The van der Waals surface area contributed by atoms with Crippen molar-refractivity contribution in [1.29, 1.82) is 0 Å². The van der Waals surface area contributed by atoms with Crippen LogP contribution in [0.15, 0.2) is 48.7 Å². The van der Waals surface area contributed by atoms with Crippen molar-refractivity contribution in [2.45, 2.75) is 39.5 Å². The maximum Gasteiger partial charge on any atom is 0.126 e. The van der Waals surface area contributed by atoms with Crippen LogP contribution in [0, 0.1) is 18.3 Å². The number of aliphatic hydroxyl groups excluding tert-OH is 1. The highest BCUT2D eigenvalue weighted by Gasteiger charge is 2.18. The van der Waals surface area contributed by atoms with Crippen LogP contribution in [0.2, 0.25) is 0 Å². The second-order valence-electron chi connectivity index (χ2n) is 7.55. The van der Waals surface area contributed by atoms with Gasteiger partial charge in [-0.1, -0.05) is 50.1 Å². The predicted octanol–water partition coefficient (Wildman–Crippen LogP) is 1.98.